The summed E-state index contributed by atoms with van der Waals surface area (Å²) in [5.74, 6) is 0.876. The predicted molar refractivity (Wildman–Crippen MR) is 74.6 cm³/mol. The van der Waals surface area contributed by atoms with Crippen LogP contribution in [0.5, 0.6) is 5.75 Å². The van der Waals surface area contributed by atoms with Crippen LogP contribution in [0.2, 0.25) is 0 Å². The summed E-state index contributed by atoms with van der Waals surface area (Å²) in [6.07, 6.45) is 7.75. The van der Waals surface area contributed by atoms with Gasteiger partial charge in [0.15, 0.2) is 0 Å². The molecule has 4 rings (SSSR count). The Morgan fingerprint density at radius 1 is 1.30 bits per heavy atom. The quantitative estimate of drug-likeness (QED) is 0.929. The molecule has 104 valence electrons. The molecule has 1 unspecified atom stereocenters. The maximum atomic E-state index is 9.80. The number of fused-ring (bicyclic) bond motifs is 1. The lowest BCUT2D eigenvalue weighted by molar-refractivity contribution is 0.180. The molecule has 2 aliphatic rings. The Balaban J connectivity index is 1.48. The minimum Gasteiger partial charge on any atom is -0.487 e. The number of aryl methyl sites for hydroxylation is 1. The predicted octanol–water partition coefficient (Wildman–Crippen LogP) is 2.78. The van der Waals surface area contributed by atoms with Gasteiger partial charge in [-0.05, 0) is 48.9 Å². The third-order valence-corrected chi connectivity index (χ3v) is 4.23. The van der Waals surface area contributed by atoms with Gasteiger partial charge in [0.05, 0.1) is 24.3 Å². The zero-order valence-corrected chi connectivity index (χ0v) is 11.3. The second-order valence-electron chi connectivity index (χ2n) is 5.73. The monoisotopic (exact) mass is 270 g/mol. The molecule has 2 aliphatic carbocycles. The summed E-state index contributed by atoms with van der Waals surface area (Å²) in [5.41, 5.74) is 3.40. The van der Waals surface area contributed by atoms with Gasteiger partial charge in [-0.25, -0.2) is 4.98 Å². The second kappa shape index (κ2) is 4.63. The van der Waals surface area contributed by atoms with Gasteiger partial charge in [0.1, 0.15) is 12.4 Å². The molecule has 20 heavy (non-hydrogen) atoms. The van der Waals surface area contributed by atoms with E-state index in [4.69, 9.17) is 4.74 Å². The van der Waals surface area contributed by atoms with E-state index >= 15 is 0 Å². The average Bonchev–Trinajstić information content (AvgIpc) is 3.09. The fourth-order valence-electron chi connectivity index (χ4n) is 2.94. The van der Waals surface area contributed by atoms with Crippen molar-refractivity contribution in [3.8, 4) is 5.75 Å². The Morgan fingerprint density at radius 3 is 3.05 bits per heavy atom. The highest BCUT2D eigenvalue weighted by Gasteiger charge is 2.25. The van der Waals surface area contributed by atoms with Crippen molar-refractivity contribution in [1.82, 2.24) is 9.55 Å². The number of ether oxygens (including phenoxy) is 1. The summed E-state index contributed by atoms with van der Waals surface area (Å²) in [6, 6.07) is 6.63. The molecule has 1 atom stereocenters. The average molecular weight is 270 g/mol. The van der Waals surface area contributed by atoms with Crippen molar-refractivity contribution in [3.05, 3.63) is 47.5 Å². The van der Waals surface area contributed by atoms with E-state index in [0.29, 0.717) is 12.6 Å². The third kappa shape index (κ3) is 2.10. The normalized spacial score (nSPS) is 20.9. The van der Waals surface area contributed by atoms with Crippen LogP contribution in [0.25, 0.3) is 0 Å². The van der Waals surface area contributed by atoms with Gasteiger partial charge in [-0.3, -0.25) is 0 Å². The van der Waals surface area contributed by atoms with E-state index in [2.05, 4.69) is 15.6 Å². The number of imidazole rings is 1. The van der Waals surface area contributed by atoms with Crippen LogP contribution in [-0.4, -0.2) is 14.7 Å². The molecule has 0 bridgehead atoms. The Labute approximate surface area is 118 Å². The Kier molecular flexibility index (Phi) is 2.77. The first kappa shape index (κ1) is 12.0. The van der Waals surface area contributed by atoms with Crippen molar-refractivity contribution in [2.24, 2.45) is 0 Å². The third-order valence-electron chi connectivity index (χ3n) is 4.23. The molecule has 1 N–H and O–H groups in total. The SMILES string of the molecule is OC1CCc2cc(OCc3cncn3C3CC3)ccc21. The highest BCUT2D eigenvalue weighted by molar-refractivity contribution is 5.39. The molecule has 0 amide bonds. The van der Waals surface area contributed by atoms with Gasteiger partial charge in [0.25, 0.3) is 0 Å². The van der Waals surface area contributed by atoms with Gasteiger partial charge in [0.2, 0.25) is 0 Å². The fraction of sp³-hybridized carbons (Fsp3) is 0.438. The molecule has 1 aromatic carbocycles. The number of nitrogens with zero attached hydrogens (tertiary/aromatic N) is 2. The van der Waals surface area contributed by atoms with Crippen LogP contribution >= 0.6 is 0 Å². The summed E-state index contributed by atoms with van der Waals surface area (Å²) in [4.78, 5) is 4.21. The maximum absolute atomic E-state index is 9.80. The number of aromatic nitrogens is 2. The fourth-order valence-corrected chi connectivity index (χ4v) is 2.94. The van der Waals surface area contributed by atoms with E-state index in [1.807, 2.05) is 24.7 Å². The van der Waals surface area contributed by atoms with Crippen molar-refractivity contribution in [2.45, 2.75) is 44.4 Å². The zero-order chi connectivity index (χ0) is 13.5. The van der Waals surface area contributed by atoms with E-state index in [-0.39, 0.29) is 6.10 Å². The van der Waals surface area contributed by atoms with Gasteiger partial charge in [-0.15, -0.1) is 0 Å². The summed E-state index contributed by atoms with van der Waals surface area (Å²) in [6.45, 7) is 0.553. The highest BCUT2D eigenvalue weighted by Crippen LogP contribution is 2.36. The minimum atomic E-state index is -0.296. The van der Waals surface area contributed by atoms with Crippen LogP contribution in [0.15, 0.2) is 30.7 Å². The lowest BCUT2D eigenvalue weighted by Gasteiger charge is -2.10. The summed E-state index contributed by atoms with van der Waals surface area (Å²) < 4.78 is 8.11. The number of aliphatic hydroxyl groups excluding tert-OH is 1. The van der Waals surface area contributed by atoms with E-state index in [1.54, 1.807) is 0 Å². The number of aliphatic hydroxyl groups is 1. The lowest BCUT2D eigenvalue weighted by atomic mass is 10.1. The van der Waals surface area contributed by atoms with Crippen LogP contribution in [-0.2, 0) is 13.0 Å². The molecule has 0 spiro atoms. The highest BCUT2D eigenvalue weighted by atomic mass is 16.5. The number of hydrogen-bond acceptors (Lipinski definition) is 3. The van der Waals surface area contributed by atoms with Crippen molar-refractivity contribution in [3.63, 3.8) is 0 Å². The maximum Gasteiger partial charge on any atom is 0.130 e. The van der Waals surface area contributed by atoms with Crippen molar-refractivity contribution >= 4 is 0 Å². The van der Waals surface area contributed by atoms with Crippen molar-refractivity contribution < 1.29 is 9.84 Å². The summed E-state index contributed by atoms with van der Waals surface area (Å²) in [7, 11) is 0. The van der Waals surface area contributed by atoms with Gasteiger partial charge in [-0.2, -0.15) is 0 Å². The Morgan fingerprint density at radius 2 is 2.20 bits per heavy atom. The lowest BCUT2D eigenvalue weighted by Crippen LogP contribution is -2.04. The molecule has 0 aliphatic heterocycles. The molecule has 4 nitrogen and oxygen atoms in total. The van der Waals surface area contributed by atoms with E-state index < -0.39 is 0 Å². The van der Waals surface area contributed by atoms with E-state index in [9.17, 15) is 5.11 Å². The number of hydrogen-bond donors (Lipinski definition) is 1. The molecule has 1 fully saturated rings. The summed E-state index contributed by atoms with van der Waals surface area (Å²) in [5, 5.41) is 9.80. The van der Waals surface area contributed by atoms with Crippen LogP contribution in [0.1, 0.15) is 48.2 Å². The van der Waals surface area contributed by atoms with Crippen LogP contribution < -0.4 is 4.74 Å². The first-order valence-corrected chi connectivity index (χ1v) is 7.25. The molecule has 4 heteroatoms. The van der Waals surface area contributed by atoms with Gasteiger partial charge >= 0.3 is 0 Å². The first-order chi connectivity index (χ1) is 9.81. The number of rotatable bonds is 4. The molecule has 0 saturated heterocycles. The zero-order valence-electron chi connectivity index (χ0n) is 11.3. The second-order valence-corrected chi connectivity index (χ2v) is 5.73. The molecular weight excluding hydrogens is 252 g/mol. The standard InChI is InChI=1S/C16H18N2O2/c19-16-6-1-11-7-14(4-5-15(11)16)20-9-13-8-17-10-18(13)12-2-3-12/h4-5,7-8,10,12,16,19H,1-3,6,9H2. The Hall–Kier alpha value is -1.81. The first-order valence-electron chi connectivity index (χ1n) is 7.25. The Bertz CT molecular complexity index is 631. The largest absolute Gasteiger partial charge is 0.487 e. The van der Waals surface area contributed by atoms with Crippen LogP contribution in [0.4, 0.5) is 0 Å². The molecule has 1 heterocycles. The van der Waals surface area contributed by atoms with E-state index in [0.717, 1.165) is 29.8 Å². The van der Waals surface area contributed by atoms with E-state index in [1.165, 1.54) is 18.4 Å². The number of benzene rings is 1. The molecule has 1 aromatic heterocycles. The topological polar surface area (TPSA) is 47.3 Å². The van der Waals surface area contributed by atoms with Gasteiger partial charge in [0, 0.05) is 6.04 Å². The molecule has 0 radical (unpaired) electrons. The van der Waals surface area contributed by atoms with Gasteiger partial charge < -0.3 is 14.4 Å². The molecule has 1 saturated carbocycles. The van der Waals surface area contributed by atoms with Crippen LogP contribution in [0.3, 0.4) is 0 Å². The van der Waals surface area contributed by atoms with Gasteiger partial charge in [-0.1, -0.05) is 6.07 Å². The molecular formula is C16H18N2O2. The van der Waals surface area contributed by atoms with Crippen LogP contribution in [0, 0.1) is 0 Å². The molecule has 2 aromatic rings. The smallest absolute Gasteiger partial charge is 0.130 e. The van der Waals surface area contributed by atoms with Crippen molar-refractivity contribution in [1.29, 1.82) is 0 Å². The van der Waals surface area contributed by atoms with Crippen molar-refractivity contribution in [2.75, 3.05) is 0 Å². The minimum absolute atomic E-state index is 0.296. The summed E-state index contributed by atoms with van der Waals surface area (Å²) >= 11 is 0.